The largest absolute Gasteiger partial charge is 0.144 e. The van der Waals surface area contributed by atoms with Crippen LogP contribution in [-0.2, 0) is 0 Å². The van der Waals surface area contributed by atoms with Crippen molar-refractivity contribution in [2.24, 2.45) is 0 Å². The van der Waals surface area contributed by atoms with Gasteiger partial charge in [-0.05, 0) is 22.9 Å². The van der Waals surface area contributed by atoms with Gasteiger partial charge in [0.15, 0.2) is 0 Å². The average molecular weight is 220 g/mol. The van der Waals surface area contributed by atoms with Gasteiger partial charge in [0, 0.05) is 15.3 Å². The highest BCUT2D eigenvalue weighted by Gasteiger charge is 2.02. The van der Waals surface area contributed by atoms with Gasteiger partial charge in [-0.2, -0.15) is 0 Å². The molecule has 72 valence electrons. The highest BCUT2D eigenvalue weighted by molar-refractivity contribution is 7.13. The Kier molecular flexibility index (Phi) is 4.36. The molecule has 0 spiro atoms. The summed E-state index contributed by atoms with van der Waals surface area (Å²) < 4.78 is 0. The van der Waals surface area contributed by atoms with Crippen LogP contribution in [0.2, 0.25) is 0 Å². The van der Waals surface area contributed by atoms with Crippen molar-refractivity contribution < 1.29 is 0 Å². The fourth-order valence-corrected chi connectivity index (χ4v) is 2.51. The molecule has 2 aromatic heterocycles. The van der Waals surface area contributed by atoms with E-state index in [4.69, 9.17) is 0 Å². The molecule has 0 saturated carbocycles. The zero-order valence-electron chi connectivity index (χ0n) is 7.90. The molecule has 0 saturated heterocycles. The van der Waals surface area contributed by atoms with Crippen molar-refractivity contribution in [2.45, 2.75) is 0 Å². The summed E-state index contributed by atoms with van der Waals surface area (Å²) in [5.74, 6) is 0. The van der Waals surface area contributed by atoms with Crippen LogP contribution in [0, 0.1) is 0 Å². The maximum atomic E-state index is 4.06. The lowest BCUT2D eigenvalue weighted by molar-refractivity contribution is 1.81. The molecule has 14 heavy (non-hydrogen) atoms. The van der Waals surface area contributed by atoms with Gasteiger partial charge in [0.1, 0.15) is 0 Å². The van der Waals surface area contributed by atoms with E-state index in [-0.39, 0.29) is 0 Å². The molecule has 0 atom stereocenters. The molecule has 0 unspecified atom stereocenters. The number of rotatable bonds is 2. The number of hydrogen-bond acceptors (Lipinski definition) is 2. The molecule has 0 aromatic carbocycles. The van der Waals surface area contributed by atoms with Crippen LogP contribution >= 0.6 is 22.7 Å². The quantitative estimate of drug-likeness (QED) is 0.645. The molecule has 0 bridgehead atoms. The van der Waals surface area contributed by atoms with Gasteiger partial charge in [0.05, 0.1) is 0 Å². The fourth-order valence-electron chi connectivity index (χ4n) is 1.02. The van der Waals surface area contributed by atoms with Crippen molar-refractivity contribution in [3.8, 4) is 0 Å². The maximum absolute atomic E-state index is 4.06. The van der Waals surface area contributed by atoms with E-state index in [2.05, 4.69) is 54.8 Å². The van der Waals surface area contributed by atoms with Gasteiger partial charge in [0.25, 0.3) is 0 Å². The third-order valence-electron chi connectivity index (χ3n) is 1.64. The molecule has 0 amide bonds. The molecule has 2 heteroatoms. The zero-order chi connectivity index (χ0) is 10.4. The highest BCUT2D eigenvalue weighted by atomic mass is 32.1. The van der Waals surface area contributed by atoms with Crippen LogP contribution in [0.1, 0.15) is 9.75 Å². The van der Waals surface area contributed by atoms with E-state index in [1.807, 2.05) is 0 Å². The number of hydrogen-bond donors (Lipinski definition) is 0. The van der Waals surface area contributed by atoms with Gasteiger partial charge in [-0.25, -0.2) is 0 Å². The Balaban J connectivity index is 0.000000461. The van der Waals surface area contributed by atoms with Gasteiger partial charge in [-0.1, -0.05) is 18.7 Å². The SMILES string of the molecule is C=C.C=C(c1cccs1)c1cccs1. The van der Waals surface area contributed by atoms with Crippen molar-refractivity contribution in [1.82, 2.24) is 0 Å². The second-order valence-corrected chi connectivity index (χ2v) is 4.33. The van der Waals surface area contributed by atoms with Crippen LogP contribution in [0.3, 0.4) is 0 Å². The van der Waals surface area contributed by atoms with Crippen LogP contribution in [0.4, 0.5) is 0 Å². The molecule has 2 heterocycles. The van der Waals surface area contributed by atoms with Gasteiger partial charge < -0.3 is 0 Å². The fraction of sp³-hybridized carbons (Fsp3) is 0. The monoisotopic (exact) mass is 220 g/mol. The molecule has 0 fully saturated rings. The topological polar surface area (TPSA) is 0 Å². The van der Waals surface area contributed by atoms with Crippen molar-refractivity contribution in [2.75, 3.05) is 0 Å². The zero-order valence-corrected chi connectivity index (χ0v) is 9.53. The third kappa shape index (κ3) is 2.44. The Labute approximate surface area is 92.9 Å². The van der Waals surface area contributed by atoms with Gasteiger partial charge in [-0.15, -0.1) is 35.8 Å². The second kappa shape index (κ2) is 5.58. The second-order valence-electron chi connectivity index (χ2n) is 2.43. The van der Waals surface area contributed by atoms with Gasteiger partial charge in [-0.3, -0.25) is 0 Å². The van der Waals surface area contributed by atoms with E-state index in [0.717, 1.165) is 5.57 Å². The summed E-state index contributed by atoms with van der Waals surface area (Å²) >= 11 is 3.47. The lowest BCUT2D eigenvalue weighted by Crippen LogP contribution is -1.74. The number of thiophene rings is 2. The first-order chi connectivity index (χ1) is 6.88. The maximum Gasteiger partial charge on any atom is 0.0350 e. The molecule has 2 rings (SSSR count). The Hall–Kier alpha value is -1.12. The lowest BCUT2D eigenvalue weighted by atomic mass is 10.2. The average Bonchev–Trinajstić information content (AvgIpc) is 2.93. The van der Waals surface area contributed by atoms with E-state index in [1.54, 1.807) is 22.7 Å². The van der Waals surface area contributed by atoms with Crippen LogP contribution < -0.4 is 0 Å². The molecule has 0 aliphatic carbocycles. The highest BCUT2D eigenvalue weighted by Crippen LogP contribution is 2.28. The summed E-state index contributed by atoms with van der Waals surface area (Å²) in [5, 5.41) is 4.16. The Morgan fingerprint density at radius 3 is 1.64 bits per heavy atom. The van der Waals surface area contributed by atoms with E-state index in [9.17, 15) is 0 Å². The van der Waals surface area contributed by atoms with Crippen molar-refractivity contribution in [3.63, 3.8) is 0 Å². The first-order valence-corrected chi connectivity index (χ1v) is 5.90. The molecular formula is C12H12S2. The van der Waals surface area contributed by atoms with Crippen LogP contribution in [0.15, 0.2) is 54.8 Å². The van der Waals surface area contributed by atoms with E-state index in [1.165, 1.54) is 9.75 Å². The smallest absolute Gasteiger partial charge is 0.0350 e. The minimum Gasteiger partial charge on any atom is -0.144 e. The van der Waals surface area contributed by atoms with E-state index >= 15 is 0 Å². The normalized spacial score (nSPS) is 8.86. The summed E-state index contributed by atoms with van der Waals surface area (Å²) in [6.45, 7) is 10.1. The molecular weight excluding hydrogens is 208 g/mol. The predicted molar refractivity (Wildman–Crippen MR) is 68.0 cm³/mol. The van der Waals surface area contributed by atoms with Crippen LogP contribution in [0.25, 0.3) is 5.57 Å². The summed E-state index contributed by atoms with van der Waals surface area (Å²) in [4.78, 5) is 2.52. The van der Waals surface area contributed by atoms with Crippen LogP contribution in [0.5, 0.6) is 0 Å². The molecule has 0 aliphatic heterocycles. The Morgan fingerprint density at radius 1 is 0.929 bits per heavy atom. The minimum atomic E-state index is 1.14. The Morgan fingerprint density at radius 2 is 1.36 bits per heavy atom. The first kappa shape index (κ1) is 11.0. The predicted octanol–water partition coefficient (Wildman–Crippen LogP) is 4.67. The van der Waals surface area contributed by atoms with Crippen molar-refractivity contribution in [1.29, 1.82) is 0 Å². The first-order valence-electron chi connectivity index (χ1n) is 4.14. The minimum absolute atomic E-state index is 1.14. The van der Waals surface area contributed by atoms with Crippen molar-refractivity contribution in [3.05, 3.63) is 64.5 Å². The van der Waals surface area contributed by atoms with Gasteiger partial charge >= 0.3 is 0 Å². The van der Waals surface area contributed by atoms with Gasteiger partial charge in [0.2, 0.25) is 0 Å². The standard InChI is InChI=1S/C10H8S2.C2H4/c1-8(9-4-2-6-11-9)10-5-3-7-12-10;1-2/h2-7H,1H2;1-2H2. The summed E-state index contributed by atoms with van der Waals surface area (Å²) in [6.07, 6.45) is 0. The Bertz CT molecular complexity index is 332. The molecule has 0 N–H and O–H groups in total. The van der Waals surface area contributed by atoms with E-state index in [0.29, 0.717) is 0 Å². The summed E-state index contributed by atoms with van der Waals surface area (Å²) in [6, 6.07) is 8.32. The summed E-state index contributed by atoms with van der Waals surface area (Å²) in [5.41, 5.74) is 1.14. The summed E-state index contributed by atoms with van der Waals surface area (Å²) in [7, 11) is 0. The molecule has 0 nitrogen and oxygen atoms in total. The lowest BCUT2D eigenvalue weighted by Gasteiger charge is -1.96. The molecule has 2 aromatic rings. The van der Waals surface area contributed by atoms with Crippen LogP contribution in [-0.4, -0.2) is 0 Å². The van der Waals surface area contributed by atoms with Crippen molar-refractivity contribution >= 4 is 28.2 Å². The third-order valence-corrected chi connectivity index (χ3v) is 3.50. The molecule has 0 aliphatic rings. The van der Waals surface area contributed by atoms with E-state index < -0.39 is 0 Å². The molecule has 0 radical (unpaired) electrons.